The molecule has 0 radical (unpaired) electrons. The van der Waals surface area contributed by atoms with Crippen LogP contribution in [0.15, 0.2) is 42.5 Å². The van der Waals surface area contributed by atoms with Gasteiger partial charge in [0.2, 0.25) is 17.1 Å². The summed E-state index contributed by atoms with van der Waals surface area (Å²) in [6, 6.07) is 15.5. The summed E-state index contributed by atoms with van der Waals surface area (Å²) in [6.45, 7) is 1.51. The average molecular weight is 482 g/mol. The number of para-hydroxylation sites is 1. The molecule has 164 valence electrons. The number of ether oxygens (including phenoxy) is 2. The third-order valence-corrected chi connectivity index (χ3v) is 6.94. The number of halogens is 2. The normalized spacial score (nSPS) is 29.3. The summed E-state index contributed by atoms with van der Waals surface area (Å²) in [5.41, 5.74) is -4.78. The van der Waals surface area contributed by atoms with Crippen LogP contribution in [-0.4, -0.2) is 10.8 Å². The van der Waals surface area contributed by atoms with Crippen molar-refractivity contribution in [2.45, 2.75) is 18.8 Å². The van der Waals surface area contributed by atoms with E-state index in [0.29, 0.717) is 5.02 Å². The van der Waals surface area contributed by atoms with Crippen molar-refractivity contribution in [2.24, 2.45) is 16.7 Å². The Bertz CT molecular complexity index is 1330. The summed E-state index contributed by atoms with van der Waals surface area (Å²) in [7, 11) is 0. The summed E-state index contributed by atoms with van der Waals surface area (Å²) in [6.07, 6.45) is -1.63. The van der Waals surface area contributed by atoms with Gasteiger partial charge in [-0.2, -0.15) is 15.8 Å². The Labute approximate surface area is 197 Å². The highest BCUT2D eigenvalue weighted by molar-refractivity contribution is 6.35. The minimum absolute atomic E-state index is 0.0959. The maximum Gasteiger partial charge on any atom is 0.275 e. The highest BCUT2D eigenvalue weighted by Crippen LogP contribution is 2.69. The summed E-state index contributed by atoms with van der Waals surface area (Å²) >= 11 is 12.5. The Hall–Kier alpha value is -3.68. The number of fused-ring (bicyclic) bond motifs is 2. The van der Waals surface area contributed by atoms with Gasteiger partial charge in [0, 0.05) is 16.7 Å². The van der Waals surface area contributed by atoms with Crippen LogP contribution < -0.4 is 0 Å². The van der Waals surface area contributed by atoms with E-state index in [4.69, 9.17) is 38.1 Å². The second kappa shape index (κ2) is 7.43. The fourth-order valence-corrected chi connectivity index (χ4v) is 5.31. The molecule has 2 heterocycles. The fourth-order valence-electron chi connectivity index (χ4n) is 4.77. The molecule has 2 aromatic carbocycles. The molecule has 0 saturated carbocycles. The monoisotopic (exact) mass is 481 g/mol. The second-order valence-electron chi connectivity index (χ2n) is 7.71. The summed E-state index contributed by atoms with van der Waals surface area (Å²) in [4.78, 5) is 11.1. The number of nitriles is 3. The molecule has 2 saturated heterocycles. The topological polar surface area (TPSA) is 157 Å². The largest absolute Gasteiger partial charge is 0.443 e. The Kier molecular flexibility index (Phi) is 5.07. The van der Waals surface area contributed by atoms with Gasteiger partial charge in [-0.1, -0.05) is 42.3 Å². The molecule has 11 heteroatoms. The standard InChI is InChI=1S/C22H13Cl2N5O4/c1-12-21(11-27)19(28)33-22(12,15-7-6-13(23)8-16(15)24)32-18(20(21,9-25)10-26)14-4-2-3-5-17(14)29(30)31/h2-8,12,18,28H,1H3. The molecule has 0 spiro atoms. The summed E-state index contributed by atoms with van der Waals surface area (Å²) < 4.78 is 12.1. The predicted molar refractivity (Wildman–Crippen MR) is 115 cm³/mol. The molecule has 2 aliphatic rings. The minimum Gasteiger partial charge on any atom is -0.443 e. The molecule has 1 N–H and O–H groups in total. The Balaban J connectivity index is 2.10. The first-order chi connectivity index (χ1) is 15.6. The first-order valence-corrected chi connectivity index (χ1v) is 10.3. The van der Waals surface area contributed by atoms with Crippen molar-refractivity contribution >= 4 is 34.8 Å². The molecule has 0 amide bonds. The van der Waals surface area contributed by atoms with Gasteiger partial charge in [-0.25, -0.2) is 0 Å². The molecular formula is C22H13Cl2N5O4. The third kappa shape index (κ3) is 2.63. The maximum absolute atomic E-state index is 11.8. The van der Waals surface area contributed by atoms with Gasteiger partial charge in [0.25, 0.3) is 5.69 Å². The van der Waals surface area contributed by atoms with Gasteiger partial charge < -0.3 is 9.47 Å². The van der Waals surface area contributed by atoms with Crippen LogP contribution in [0.2, 0.25) is 10.0 Å². The lowest BCUT2D eigenvalue weighted by Crippen LogP contribution is -2.57. The van der Waals surface area contributed by atoms with Crippen LogP contribution in [-0.2, 0) is 15.3 Å². The average Bonchev–Trinajstić information content (AvgIpc) is 2.95. The zero-order chi connectivity index (χ0) is 24.2. The van der Waals surface area contributed by atoms with Gasteiger partial charge in [0.15, 0.2) is 5.41 Å². The van der Waals surface area contributed by atoms with E-state index in [1.807, 2.05) is 18.2 Å². The van der Waals surface area contributed by atoms with E-state index < -0.39 is 45.1 Å². The van der Waals surface area contributed by atoms with E-state index in [1.165, 1.54) is 49.4 Å². The number of hydrogen-bond acceptors (Lipinski definition) is 8. The van der Waals surface area contributed by atoms with Crippen LogP contribution in [0.25, 0.3) is 0 Å². The van der Waals surface area contributed by atoms with E-state index >= 15 is 0 Å². The Morgan fingerprint density at radius 2 is 1.79 bits per heavy atom. The lowest BCUT2D eigenvalue weighted by Gasteiger charge is -2.48. The highest BCUT2D eigenvalue weighted by atomic mass is 35.5. The van der Waals surface area contributed by atoms with Crippen molar-refractivity contribution in [1.29, 1.82) is 21.2 Å². The van der Waals surface area contributed by atoms with Crippen molar-refractivity contribution in [2.75, 3.05) is 0 Å². The number of nitrogens with one attached hydrogen (secondary N) is 1. The molecule has 33 heavy (non-hydrogen) atoms. The number of nitro groups is 1. The lowest BCUT2D eigenvalue weighted by molar-refractivity contribution is -0.387. The molecule has 2 bridgehead atoms. The number of nitrogens with zero attached hydrogens (tertiary/aromatic N) is 4. The van der Waals surface area contributed by atoms with Crippen LogP contribution in [0.4, 0.5) is 5.69 Å². The van der Waals surface area contributed by atoms with Gasteiger partial charge in [-0.3, -0.25) is 15.5 Å². The zero-order valence-corrected chi connectivity index (χ0v) is 18.4. The minimum atomic E-state index is -2.34. The summed E-state index contributed by atoms with van der Waals surface area (Å²) in [5.74, 6) is -3.62. The van der Waals surface area contributed by atoms with Crippen LogP contribution in [0, 0.1) is 66.3 Å². The maximum atomic E-state index is 11.8. The van der Waals surface area contributed by atoms with Crippen LogP contribution in [0.5, 0.6) is 0 Å². The predicted octanol–water partition coefficient (Wildman–Crippen LogP) is 5.01. The van der Waals surface area contributed by atoms with Crippen molar-refractivity contribution in [3.05, 3.63) is 73.8 Å². The fraction of sp³-hybridized carbons (Fsp3) is 0.273. The Morgan fingerprint density at radius 3 is 2.36 bits per heavy atom. The van der Waals surface area contributed by atoms with Crippen molar-refractivity contribution in [1.82, 2.24) is 0 Å². The molecule has 0 aliphatic carbocycles. The number of nitro benzene ring substituents is 1. The first-order valence-electron chi connectivity index (χ1n) is 9.53. The highest BCUT2D eigenvalue weighted by Gasteiger charge is 2.80. The molecule has 2 aliphatic heterocycles. The molecule has 4 unspecified atom stereocenters. The van der Waals surface area contributed by atoms with E-state index in [-0.39, 0.29) is 16.1 Å². The molecule has 4 rings (SSSR count). The first kappa shape index (κ1) is 22.5. The van der Waals surface area contributed by atoms with Crippen molar-refractivity contribution < 1.29 is 14.4 Å². The lowest BCUT2D eigenvalue weighted by atomic mass is 9.53. The van der Waals surface area contributed by atoms with Crippen LogP contribution in [0.1, 0.15) is 24.2 Å². The molecule has 2 aromatic rings. The molecular weight excluding hydrogens is 469 g/mol. The van der Waals surface area contributed by atoms with E-state index in [0.717, 1.165) is 0 Å². The van der Waals surface area contributed by atoms with E-state index in [2.05, 4.69) is 0 Å². The van der Waals surface area contributed by atoms with E-state index in [9.17, 15) is 25.9 Å². The van der Waals surface area contributed by atoms with Gasteiger partial charge in [-0.15, -0.1) is 0 Å². The molecule has 4 atom stereocenters. The molecule has 2 fully saturated rings. The van der Waals surface area contributed by atoms with Crippen LogP contribution in [0.3, 0.4) is 0 Å². The van der Waals surface area contributed by atoms with Gasteiger partial charge in [0.05, 0.1) is 39.6 Å². The smallest absolute Gasteiger partial charge is 0.275 e. The zero-order valence-electron chi connectivity index (χ0n) is 16.9. The molecule has 9 nitrogen and oxygen atoms in total. The van der Waals surface area contributed by atoms with Crippen molar-refractivity contribution in [3.8, 4) is 18.2 Å². The third-order valence-electron chi connectivity index (χ3n) is 6.39. The molecule has 0 aromatic heterocycles. The number of hydrogen-bond donors (Lipinski definition) is 1. The van der Waals surface area contributed by atoms with Gasteiger partial charge >= 0.3 is 0 Å². The number of benzene rings is 2. The summed E-state index contributed by atoms with van der Waals surface area (Å²) in [5, 5.41) is 51.5. The van der Waals surface area contributed by atoms with E-state index in [1.54, 1.807) is 0 Å². The van der Waals surface area contributed by atoms with Crippen LogP contribution >= 0.6 is 23.2 Å². The van der Waals surface area contributed by atoms with Gasteiger partial charge in [0.1, 0.15) is 6.10 Å². The Morgan fingerprint density at radius 1 is 1.12 bits per heavy atom. The SMILES string of the molecule is CC1C2(c3ccc(Cl)cc3Cl)OC(=N)C1(C#N)C(C#N)(C#N)C(c1ccccc1[N+](=O)[O-])O2. The second-order valence-corrected chi connectivity index (χ2v) is 8.55. The van der Waals surface area contributed by atoms with Crippen molar-refractivity contribution in [3.63, 3.8) is 0 Å². The number of rotatable bonds is 3. The van der Waals surface area contributed by atoms with Gasteiger partial charge in [-0.05, 0) is 24.3 Å². The quantitative estimate of drug-likeness (QED) is 0.476.